The maximum absolute atomic E-state index is 13.6. The summed E-state index contributed by atoms with van der Waals surface area (Å²) in [5, 5.41) is 13.1. The molecule has 0 radical (unpaired) electrons. The molecular weight excluding hydrogens is 269 g/mol. The van der Waals surface area contributed by atoms with Gasteiger partial charge >= 0.3 is 0 Å². The van der Waals surface area contributed by atoms with E-state index in [2.05, 4.69) is 5.32 Å². The molecule has 2 N–H and O–H groups in total. The van der Waals surface area contributed by atoms with Gasteiger partial charge in [-0.15, -0.1) is 0 Å². The van der Waals surface area contributed by atoms with E-state index in [1.807, 2.05) is 0 Å². The van der Waals surface area contributed by atoms with Crippen molar-refractivity contribution in [2.75, 3.05) is 12.4 Å². The van der Waals surface area contributed by atoms with E-state index in [-0.39, 0.29) is 18.1 Å². The molecule has 2 rings (SSSR count). The lowest BCUT2D eigenvalue weighted by molar-refractivity contribution is 0.414. The van der Waals surface area contributed by atoms with Crippen molar-refractivity contribution in [2.45, 2.75) is 6.54 Å². The Morgan fingerprint density at radius 1 is 1.26 bits per heavy atom. The first-order valence-corrected chi connectivity index (χ1v) is 6.03. The highest BCUT2D eigenvalue weighted by molar-refractivity contribution is 6.30. The normalized spacial score (nSPS) is 10.3. The summed E-state index contributed by atoms with van der Waals surface area (Å²) in [5.74, 6) is 0.279. The third-order valence-electron chi connectivity index (χ3n) is 2.68. The van der Waals surface area contributed by atoms with Gasteiger partial charge in [0.2, 0.25) is 0 Å². The number of hydrogen-bond donors (Lipinski definition) is 2. The van der Waals surface area contributed by atoms with Gasteiger partial charge in [0.15, 0.2) is 0 Å². The number of methoxy groups -OCH3 is 1. The van der Waals surface area contributed by atoms with Crippen LogP contribution in [0.25, 0.3) is 0 Å². The van der Waals surface area contributed by atoms with Crippen LogP contribution in [0.4, 0.5) is 10.1 Å². The fourth-order valence-electron chi connectivity index (χ4n) is 1.65. The molecule has 5 heteroatoms. The highest BCUT2D eigenvalue weighted by Crippen LogP contribution is 2.25. The molecule has 2 aromatic carbocycles. The number of phenols is 1. The van der Waals surface area contributed by atoms with Crippen LogP contribution < -0.4 is 10.1 Å². The number of rotatable bonds is 4. The minimum Gasteiger partial charge on any atom is -0.508 e. The van der Waals surface area contributed by atoms with Crippen LogP contribution >= 0.6 is 11.6 Å². The molecule has 0 spiro atoms. The third kappa shape index (κ3) is 3.29. The first kappa shape index (κ1) is 13.5. The molecule has 0 bridgehead atoms. The van der Waals surface area contributed by atoms with E-state index in [1.54, 1.807) is 18.2 Å². The summed E-state index contributed by atoms with van der Waals surface area (Å²) >= 11 is 5.84. The second kappa shape index (κ2) is 5.80. The van der Waals surface area contributed by atoms with Gasteiger partial charge in [0, 0.05) is 23.2 Å². The topological polar surface area (TPSA) is 41.5 Å². The number of hydrogen-bond acceptors (Lipinski definition) is 3. The van der Waals surface area contributed by atoms with Crippen LogP contribution in [0.3, 0.4) is 0 Å². The number of nitrogens with one attached hydrogen (secondary N) is 1. The second-order valence-corrected chi connectivity index (χ2v) is 4.41. The zero-order valence-corrected chi connectivity index (χ0v) is 11.0. The van der Waals surface area contributed by atoms with Gasteiger partial charge in [-0.05, 0) is 30.3 Å². The van der Waals surface area contributed by atoms with E-state index in [9.17, 15) is 9.50 Å². The number of benzene rings is 2. The Morgan fingerprint density at radius 3 is 2.79 bits per heavy atom. The van der Waals surface area contributed by atoms with Gasteiger partial charge in [0.25, 0.3) is 0 Å². The van der Waals surface area contributed by atoms with Crippen LogP contribution in [-0.2, 0) is 6.54 Å². The van der Waals surface area contributed by atoms with Crippen LogP contribution in [0.15, 0.2) is 36.4 Å². The molecule has 3 nitrogen and oxygen atoms in total. The number of anilines is 1. The van der Waals surface area contributed by atoms with Crippen LogP contribution in [0.2, 0.25) is 5.02 Å². The molecule has 0 heterocycles. The summed E-state index contributed by atoms with van der Waals surface area (Å²) in [6, 6.07) is 9.13. The summed E-state index contributed by atoms with van der Waals surface area (Å²) in [4.78, 5) is 0. The Balaban J connectivity index is 2.16. The van der Waals surface area contributed by atoms with Gasteiger partial charge in [0.05, 0.1) is 12.8 Å². The molecule has 0 saturated heterocycles. The lowest BCUT2D eigenvalue weighted by atomic mass is 10.2. The van der Waals surface area contributed by atoms with E-state index in [4.69, 9.17) is 16.3 Å². The Morgan fingerprint density at radius 2 is 2.05 bits per heavy atom. The first-order chi connectivity index (χ1) is 9.10. The maximum atomic E-state index is 13.6. The Labute approximate surface area is 115 Å². The van der Waals surface area contributed by atoms with Gasteiger partial charge in [-0.25, -0.2) is 4.39 Å². The molecule has 100 valence electrons. The van der Waals surface area contributed by atoms with Gasteiger partial charge in [0.1, 0.15) is 17.3 Å². The van der Waals surface area contributed by atoms with Gasteiger partial charge in [-0.2, -0.15) is 0 Å². The Bertz CT molecular complexity index is 590. The van der Waals surface area contributed by atoms with Crippen LogP contribution in [0.1, 0.15) is 5.56 Å². The summed E-state index contributed by atoms with van der Waals surface area (Å²) in [7, 11) is 1.51. The quantitative estimate of drug-likeness (QED) is 0.895. The smallest absolute Gasteiger partial charge is 0.146 e. The van der Waals surface area contributed by atoms with Gasteiger partial charge in [-0.1, -0.05) is 11.6 Å². The van der Waals surface area contributed by atoms with Crippen molar-refractivity contribution in [1.82, 2.24) is 0 Å². The van der Waals surface area contributed by atoms with Gasteiger partial charge < -0.3 is 15.2 Å². The lowest BCUT2D eigenvalue weighted by Crippen LogP contribution is -2.02. The number of halogens is 2. The zero-order valence-electron chi connectivity index (χ0n) is 10.3. The third-order valence-corrected chi connectivity index (χ3v) is 2.92. The van der Waals surface area contributed by atoms with Crippen molar-refractivity contribution in [1.29, 1.82) is 0 Å². The molecule has 0 unspecified atom stereocenters. The molecule has 0 aliphatic heterocycles. The predicted octanol–water partition coefficient (Wildman–Crippen LogP) is 3.81. The maximum Gasteiger partial charge on any atom is 0.146 e. The Kier molecular flexibility index (Phi) is 4.12. The molecule has 0 aliphatic carbocycles. The summed E-state index contributed by atoms with van der Waals surface area (Å²) in [6.07, 6.45) is 0. The Hall–Kier alpha value is -1.94. The standard InChI is InChI=1S/C14H13ClFNO2/c1-19-11-3-4-12(16)13(7-11)17-8-9-6-10(15)2-5-14(9)18/h2-7,17-18H,8H2,1H3. The average Bonchev–Trinajstić information content (AvgIpc) is 2.41. The highest BCUT2D eigenvalue weighted by atomic mass is 35.5. The molecule has 0 fully saturated rings. The molecule has 0 amide bonds. The van der Waals surface area contributed by atoms with E-state index in [1.165, 1.54) is 25.3 Å². The van der Waals surface area contributed by atoms with Crippen LogP contribution in [0.5, 0.6) is 11.5 Å². The zero-order chi connectivity index (χ0) is 13.8. The highest BCUT2D eigenvalue weighted by Gasteiger charge is 2.06. The summed E-state index contributed by atoms with van der Waals surface area (Å²) in [5.41, 5.74) is 0.897. The van der Waals surface area contributed by atoms with Crippen molar-refractivity contribution in [3.63, 3.8) is 0 Å². The molecule has 2 aromatic rings. The average molecular weight is 282 g/mol. The number of aromatic hydroxyl groups is 1. The molecule has 19 heavy (non-hydrogen) atoms. The van der Waals surface area contributed by atoms with E-state index >= 15 is 0 Å². The van der Waals surface area contributed by atoms with E-state index in [0.29, 0.717) is 22.0 Å². The van der Waals surface area contributed by atoms with Crippen LogP contribution in [0, 0.1) is 5.82 Å². The first-order valence-electron chi connectivity index (χ1n) is 5.65. The van der Waals surface area contributed by atoms with Gasteiger partial charge in [-0.3, -0.25) is 0 Å². The van der Waals surface area contributed by atoms with E-state index < -0.39 is 0 Å². The predicted molar refractivity (Wildman–Crippen MR) is 73.4 cm³/mol. The second-order valence-electron chi connectivity index (χ2n) is 3.97. The monoisotopic (exact) mass is 281 g/mol. The molecule has 0 saturated carbocycles. The largest absolute Gasteiger partial charge is 0.508 e. The minimum atomic E-state index is -0.387. The van der Waals surface area contributed by atoms with E-state index in [0.717, 1.165) is 0 Å². The minimum absolute atomic E-state index is 0.111. The summed E-state index contributed by atoms with van der Waals surface area (Å²) in [6.45, 7) is 0.260. The molecule has 0 aromatic heterocycles. The fraction of sp³-hybridized carbons (Fsp3) is 0.143. The lowest BCUT2D eigenvalue weighted by Gasteiger charge is -2.10. The van der Waals surface area contributed by atoms with Crippen molar-refractivity contribution >= 4 is 17.3 Å². The molecule has 0 aliphatic rings. The number of ether oxygens (including phenoxy) is 1. The van der Waals surface area contributed by atoms with Crippen molar-refractivity contribution in [3.8, 4) is 11.5 Å². The molecule has 0 atom stereocenters. The fourth-order valence-corrected chi connectivity index (χ4v) is 1.85. The van der Waals surface area contributed by atoms with Crippen molar-refractivity contribution < 1.29 is 14.2 Å². The van der Waals surface area contributed by atoms with Crippen molar-refractivity contribution in [2.24, 2.45) is 0 Å². The SMILES string of the molecule is COc1ccc(F)c(NCc2cc(Cl)ccc2O)c1. The van der Waals surface area contributed by atoms with Crippen molar-refractivity contribution in [3.05, 3.63) is 52.8 Å². The number of phenolic OH excluding ortho intramolecular Hbond substituents is 1. The van der Waals surface area contributed by atoms with Crippen LogP contribution in [-0.4, -0.2) is 12.2 Å². The summed E-state index contributed by atoms with van der Waals surface area (Å²) < 4.78 is 18.6. The molecular formula is C14H13ClFNO2.